The normalized spacial score (nSPS) is 19.5. The molecule has 1 atom stereocenters. The fourth-order valence-electron chi connectivity index (χ4n) is 2.94. The highest BCUT2D eigenvalue weighted by Gasteiger charge is 2.19. The number of halogens is 1. The van der Waals surface area contributed by atoms with Crippen molar-refractivity contribution in [3.8, 4) is 11.5 Å². The smallest absolute Gasteiger partial charge is 0.388 e. The lowest BCUT2D eigenvalue weighted by Gasteiger charge is -2.32. The molecule has 0 radical (unpaired) electrons. The topological polar surface area (TPSA) is 51.3 Å². The van der Waals surface area contributed by atoms with E-state index in [1.807, 2.05) is 0 Å². The average molecular weight is 305 g/mol. The van der Waals surface area contributed by atoms with Crippen LogP contribution in [0.15, 0.2) is 33.5 Å². The third-order valence-electron chi connectivity index (χ3n) is 4.29. The van der Waals surface area contributed by atoms with E-state index in [0.29, 0.717) is 18.2 Å². The van der Waals surface area contributed by atoms with Crippen LogP contribution in [0.25, 0.3) is 11.5 Å². The zero-order valence-electron chi connectivity index (χ0n) is 12.7. The predicted molar refractivity (Wildman–Crippen MR) is 81.0 cm³/mol. The van der Waals surface area contributed by atoms with E-state index in [0.717, 1.165) is 19.4 Å². The fraction of sp³-hybridized carbons (Fsp3) is 0.500. The van der Waals surface area contributed by atoms with Crippen LogP contribution in [-0.2, 0) is 6.54 Å². The minimum Gasteiger partial charge on any atom is -0.388 e. The van der Waals surface area contributed by atoms with Crippen LogP contribution in [0.4, 0.5) is 4.39 Å². The molecule has 2 heterocycles. The van der Waals surface area contributed by atoms with Gasteiger partial charge in [-0.1, -0.05) is 6.42 Å². The Morgan fingerprint density at radius 1 is 1.32 bits per heavy atom. The molecule has 1 aromatic heterocycles. The van der Waals surface area contributed by atoms with E-state index < -0.39 is 5.76 Å². The molecule has 2 aromatic rings. The van der Waals surface area contributed by atoms with Gasteiger partial charge in [-0.3, -0.25) is 0 Å². The van der Waals surface area contributed by atoms with Crippen molar-refractivity contribution in [2.24, 2.45) is 0 Å². The van der Waals surface area contributed by atoms with Crippen LogP contribution in [0.1, 0.15) is 25.7 Å². The van der Waals surface area contributed by atoms with Crippen molar-refractivity contribution in [3.63, 3.8) is 0 Å². The van der Waals surface area contributed by atoms with Crippen LogP contribution in [0.5, 0.6) is 0 Å². The average Bonchev–Trinajstić information content (AvgIpc) is 2.88. The number of nitrogens with zero attached hydrogens (tertiary/aromatic N) is 3. The van der Waals surface area contributed by atoms with Crippen molar-refractivity contribution in [3.05, 3.63) is 40.6 Å². The highest BCUT2D eigenvalue weighted by molar-refractivity contribution is 5.51. The van der Waals surface area contributed by atoms with Crippen molar-refractivity contribution in [2.75, 3.05) is 13.6 Å². The number of aromatic nitrogens is 2. The molecule has 0 spiro atoms. The summed E-state index contributed by atoms with van der Waals surface area (Å²) in [5.74, 6) is -0.550. The van der Waals surface area contributed by atoms with Gasteiger partial charge in [0.05, 0.1) is 0 Å². The fourth-order valence-corrected chi connectivity index (χ4v) is 2.94. The number of likely N-dealkylation sites (tertiary alicyclic amines) is 1. The number of hydrogen-bond donors (Lipinski definition) is 0. The van der Waals surface area contributed by atoms with E-state index in [4.69, 9.17) is 4.42 Å². The number of benzene rings is 1. The molecule has 6 heteroatoms. The summed E-state index contributed by atoms with van der Waals surface area (Å²) in [6, 6.07) is 6.25. The Kier molecular flexibility index (Phi) is 4.38. The highest BCUT2D eigenvalue weighted by Crippen LogP contribution is 2.19. The number of aryl methyl sites for hydroxylation is 1. The van der Waals surface area contributed by atoms with Gasteiger partial charge in [0.2, 0.25) is 5.89 Å². The van der Waals surface area contributed by atoms with E-state index in [9.17, 15) is 9.18 Å². The Morgan fingerprint density at radius 2 is 2.09 bits per heavy atom. The van der Waals surface area contributed by atoms with Gasteiger partial charge < -0.3 is 9.32 Å². The Bertz CT molecular complexity index is 677. The monoisotopic (exact) mass is 305 g/mol. The second kappa shape index (κ2) is 6.44. The molecule has 0 saturated carbocycles. The molecule has 118 valence electrons. The summed E-state index contributed by atoms with van der Waals surface area (Å²) in [4.78, 5) is 14.2. The molecule has 1 saturated heterocycles. The van der Waals surface area contributed by atoms with Gasteiger partial charge in [-0.2, -0.15) is 4.68 Å². The first-order valence-corrected chi connectivity index (χ1v) is 7.67. The van der Waals surface area contributed by atoms with E-state index >= 15 is 0 Å². The number of rotatable bonds is 4. The van der Waals surface area contributed by atoms with E-state index in [-0.39, 0.29) is 11.7 Å². The molecule has 1 aliphatic rings. The van der Waals surface area contributed by atoms with Crippen LogP contribution in [0, 0.1) is 5.82 Å². The van der Waals surface area contributed by atoms with Gasteiger partial charge in [0.1, 0.15) is 5.82 Å². The van der Waals surface area contributed by atoms with Crippen molar-refractivity contribution < 1.29 is 8.81 Å². The van der Waals surface area contributed by atoms with E-state index in [1.54, 1.807) is 12.1 Å². The molecular formula is C16H20FN3O2. The minimum atomic E-state index is -0.460. The first-order valence-electron chi connectivity index (χ1n) is 7.67. The summed E-state index contributed by atoms with van der Waals surface area (Å²) in [6.07, 6.45) is 4.52. The van der Waals surface area contributed by atoms with Crippen molar-refractivity contribution in [2.45, 2.75) is 38.3 Å². The van der Waals surface area contributed by atoms with Crippen molar-refractivity contribution in [1.29, 1.82) is 0 Å². The molecule has 1 aliphatic heterocycles. The van der Waals surface area contributed by atoms with Gasteiger partial charge in [-0.05, 0) is 57.1 Å². The van der Waals surface area contributed by atoms with Gasteiger partial charge in [-0.25, -0.2) is 9.18 Å². The van der Waals surface area contributed by atoms with Crippen molar-refractivity contribution in [1.82, 2.24) is 14.7 Å². The Hall–Kier alpha value is -1.95. The predicted octanol–water partition coefficient (Wildman–Crippen LogP) is 2.52. The summed E-state index contributed by atoms with van der Waals surface area (Å²) < 4.78 is 19.5. The number of piperidine rings is 1. The summed E-state index contributed by atoms with van der Waals surface area (Å²) in [5.41, 5.74) is 0.604. The molecule has 0 bridgehead atoms. The summed E-state index contributed by atoms with van der Waals surface area (Å²) in [6.45, 7) is 1.65. The Morgan fingerprint density at radius 3 is 2.82 bits per heavy atom. The molecule has 5 nitrogen and oxygen atoms in total. The minimum absolute atomic E-state index is 0.238. The summed E-state index contributed by atoms with van der Waals surface area (Å²) in [5, 5.41) is 4.22. The zero-order valence-corrected chi connectivity index (χ0v) is 12.7. The standard InChI is InChI=1S/C16H20FN3O2/c1-19-10-3-2-4-14(19)9-11-20-16(21)22-15(18-20)12-5-7-13(17)8-6-12/h5-8,14H,2-4,9-11H2,1H3. The molecule has 1 fully saturated rings. The Labute approximate surface area is 128 Å². The number of hydrogen-bond acceptors (Lipinski definition) is 4. The summed E-state index contributed by atoms with van der Waals surface area (Å²) in [7, 11) is 2.12. The van der Waals surface area contributed by atoms with Gasteiger partial charge in [0.25, 0.3) is 0 Å². The first-order chi connectivity index (χ1) is 10.6. The molecule has 22 heavy (non-hydrogen) atoms. The first kappa shape index (κ1) is 15.0. The van der Waals surface area contributed by atoms with Gasteiger partial charge in [0.15, 0.2) is 0 Å². The Balaban J connectivity index is 1.70. The van der Waals surface area contributed by atoms with E-state index in [2.05, 4.69) is 17.0 Å². The zero-order chi connectivity index (χ0) is 15.5. The van der Waals surface area contributed by atoms with Crippen molar-refractivity contribution >= 4 is 0 Å². The maximum Gasteiger partial charge on any atom is 0.437 e. The molecule has 0 aliphatic carbocycles. The second-order valence-electron chi connectivity index (χ2n) is 5.82. The lowest BCUT2D eigenvalue weighted by molar-refractivity contribution is 0.169. The van der Waals surface area contributed by atoms with Crippen LogP contribution in [-0.4, -0.2) is 34.3 Å². The van der Waals surface area contributed by atoms with Crippen LogP contribution in [0.3, 0.4) is 0 Å². The lowest BCUT2D eigenvalue weighted by atomic mass is 10.0. The molecular weight excluding hydrogens is 285 g/mol. The quantitative estimate of drug-likeness (QED) is 0.871. The second-order valence-corrected chi connectivity index (χ2v) is 5.82. The molecule has 0 amide bonds. The van der Waals surface area contributed by atoms with Gasteiger partial charge >= 0.3 is 5.76 Å². The lowest BCUT2D eigenvalue weighted by Crippen LogP contribution is -2.37. The maximum absolute atomic E-state index is 12.9. The molecule has 1 aromatic carbocycles. The van der Waals surface area contributed by atoms with Gasteiger partial charge in [-0.15, -0.1) is 5.10 Å². The largest absolute Gasteiger partial charge is 0.437 e. The van der Waals surface area contributed by atoms with E-state index in [1.165, 1.54) is 29.7 Å². The van der Waals surface area contributed by atoms with Crippen LogP contribution >= 0.6 is 0 Å². The highest BCUT2D eigenvalue weighted by atomic mass is 19.1. The van der Waals surface area contributed by atoms with Crippen LogP contribution < -0.4 is 5.76 Å². The molecule has 3 rings (SSSR count). The molecule has 1 unspecified atom stereocenters. The third-order valence-corrected chi connectivity index (χ3v) is 4.29. The van der Waals surface area contributed by atoms with Gasteiger partial charge in [0, 0.05) is 18.2 Å². The van der Waals surface area contributed by atoms with Crippen LogP contribution in [0.2, 0.25) is 0 Å². The third kappa shape index (κ3) is 3.27. The molecule has 0 N–H and O–H groups in total. The summed E-state index contributed by atoms with van der Waals surface area (Å²) >= 11 is 0. The SMILES string of the molecule is CN1CCCCC1CCn1nc(-c2ccc(F)cc2)oc1=O. The maximum atomic E-state index is 12.9.